The Morgan fingerprint density at radius 3 is 2.76 bits per heavy atom. The maximum Gasteiger partial charge on any atom is 0.282 e. The van der Waals surface area contributed by atoms with E-state index in [1.807, 2.05) is 24.3 Å². The monoisotopic (exact) mass is 347 g/mol. The lowest BCUT2D eigenvalue weighted by atomic mass is 9.93. The molecule has 1 aliphatic carbocycles. The zero-order valence-corrected chi connectivity index (χ0v) is 14.5. The van der Waals surface area contributed by atoms with E-state index >= 15 is 0 Å². The minimum atomic E-state index is -2.78. The first kappa shape index (κ1) is 17.6. The standard InChI is InChI=1S/C19H23F2N3O/c1-12(7-8-13-9-10-13)14-5-3-4-6-16(14)22-19(25)15-11-24(2)23-17(15)18(20)21/h3-6,11-13,18H,7-10H2,1-2H3,(H,22,25). The summed E-state index contributed by atoms with van der Waals surface area (Å²) in [6.07, 6.45) is 3.45. The molecule has 6 heteroatoms. The molecular weight excluding hydrogens is 324 g/mol. The van der Waals surface area contributed by atoms with Gasteiger partial charge in [-0.1, -0.05) is 38.0 Å². The van der Waals surface area contributed by atoms with Crippen LogP contribution in [-0.2, 0) is 7.05 Å². The van der Waals surface area contributed by atoms with Crippen LogP contribution in [0.15, 0.2) is 30.5 Å². The first-order valence-corrected chi connectivity index (χ1v) is 8.67. The Balaban J connectivity index is 1.77. The highest BCUT2D eigenvalue weighted by Gasteiger charge is 2.25. The molecule has 2 aromatic rings. The van der Waals surface area contributed by atoms with Gasteiger partial charge in [-0.25, -0.2) is 8.78 Å². The molecule has 3 rings (SSSR count). The average molecular weight is 347 g/mol. The first-order valence-electron chi connectivity index (χ1n) is 8.67. The van der Waals surface area contributed by atoms with Gasteiger partial charge in [0.25, 0.3) is 12.3 Å². The van der Waals surface area contributed by atoms with Crippen LogP contribution < -0.4 is 5.32 Å². The van der Waals surface area contributed by atoms with Gasteiger partial charge in [-0.05, 0) is 36.3 Å². The van der Waals surface area contributed by atoms with Crippen molar-refractivity contribution in [1.82, 2.24) is 9.78 Å². The summed E-state index contributed by atoms with van der Waals surface area (Å²) < 4.78 is 27.4. The van der Waals surface area contributed by atoms with Crippen LogP contribution in [-0.4, -0.2) is 15.7 Å². The van der Waals surface area contributed by atoms with Gasteiger partial charge in [0.1, 0.15) is 5.69 Å². The first-order chi connectivity index (χ1) is 12.0. The van der Waals surface area contributed by atoms with E-state index < -0.39 is 18.0 Å². The average Bonchev–Trinajstić information content (AvgIpc) is 3.32. The minimum absolute atomic E-state index is 0.0852. The summed E-state index contributed by atoms with van der Waals surface area (Å²) in [5, 5.41) is 6.49. The second-order valence-electron chi connectivity index (χ2n) is 6.87. The van der Waals surface area contributed by atoms with Crippen molar-refractivity contribution in [1.29, 1.82) is 0 Å². The number of aromatic nitrogens is 2. The zero-order valence-electron chi connectivity index (χ0n) is 14.5. The van der Waals surface area contributed by atoms with Crippen LogP contribution in [0.25, 0.3) is 0 Å². The summed E-state index contributed by atoms with van der Waals surface area (Å²) in [6.45, 7) is 2.14. The van der Waals surface area contributed by atoms with Gasteiger partial charge in [-0.3, -0.25) is 9.48 Å². The number of benzene rings is 1. The van der Waals surface area contributed by atoms with Crippen LogP contribution in [0, 0.1) is 5.92 Å². The number of halogens is 2. The number of nitrogens with one attached hydrogen (secondary N) is 1. The largest absolute Gasteiger partial charge is 0.322 e. The van der Waals surface area contributed by atoms with E-state index in [0.29, 0.717) is 11.6 Å². The summed E-state index contributed by atoms with van der Waals surface area (Å²) in [6, 6.07) is 7.58. The van der Waals surface area contributed by atoms with Crippen LogP contribution in [0.2, 0.25) is 0 Å². The minimum Gasteiger partial charge on any atom is -0.322 e. The molecule has 1 saturated carbocycles. The molecule has 1 atom stereocenters. The normalized spacial score (nSPS) is 15.4. The van der Waals surface area contributed by atoms with E-state index in [0.717, 1.165) is 17.9 Å². The molecule has 0 aliphatic heterocycles. The fraction of sp³-hybridized carbons (Fsp3) is 0.474. The van der Waals surface area contributed by atoms with Crippen molar-refractivity contribution >= 4 is 11.6 Å². The quantitative estimate of drug-likeness (QED) is 0.774. The third kappa shape index (κ3) is 4.24. The lowest BCUT2D eigenvalue weighted by molar-refractivity contribution is 0.101. The van der Waals surface area contributed by atoms with Crippen LogP contribution in [0.1, 0.15) is 66.6 Å². The predicted molar refractivity (Wildman–Crippen MR) is 92.9 cm³/mol. The number of amides is 1. The van der Waals surface area contributed by atoms with Crippen molar-refractivity contribution in [3.63, 3.8) is 0 Å². The van der Waals surface area contributed by atoms with Crippen LogP contribution in [0.5, 0.6) is 0 Å². The van der Waals surface area contributed by atoms with Crippen molar-refractivity contribution in [3.05, 3.63) is 47.3 Å². The SMILES string of the molecule is CC(CCC1CC1)c1ccccc1NC(=O)c1cn(C)nc1C(F)F. The lowest BCUT2D eigenvalue weighted by Gasteiger charge is -2.17. The highest BCUT2D eigenvalue weighted by molar-refractivity contribution is 6.05. The Morgan fingerprint density at radius 2 is 2.08 bits per heavy atom. The van der Waals surface area contributed by atoms with Crippen molar-refractivity contribution in [2.45, 2.75) is 45.0 Å². The smallest absolute Gasteiger partial charge is 0.282 e. The van der Waals surface area contributed by atoms with Crippen molar-refractivity contribution in [3.8, 4) is 0 Å². The number of rotatable bonds is 7. The number of carbonyl (C=O) groups excluding carboxylic acids is 1. The Kier molecular flexibility index (Phi) is 5.16. The summed E-state index contributed by atoms with van der Waals surface area (Å²) in [5.74, 6) is 0.610. The molecule has 1 heterocycles. The highest BCUT2D eigenvalue weighted by atomic mass is 19.3. The summed E-state index contributed by atoms with van der Waals surface area (Å²) in [7, 11) is 1.52. The maximum atomic E-state index is 13.1. The molecule has 0 spiro atoms. The number of nitrogens with zero attached hydrogens (tertiary/aromatic N) is 2. The molecule has 1 unspecified atom stereocenters. The van der Waals surface area contributed by atoms with Crippen molar-refractivity contribution in [2.75, 3.05) is 5.32 Å². The topological polar surface area (TPSA) is 46.9 Å². The molecule has 1 N–H and O–H groups in total. The number of aryl methyl sites for hydroxylation is 1. The van der Waals surface area contributed by atoms with Crippen LogP contribution in [0.4, 0.5) is 14.5 Å². The fourth-order valence-corrected chi connectivity index (χ4v) is 3.12. The summed E-state index contributed by atoms with van der Waals surface area (Å²) >= 11 is 0. The van der Waals surface area contributed by atoms with Gasteiger partial charge in [-0.15, -0.1) is 0 Å². The lowest BCUT2D eigenvalue weighted by Crippen LogP contribution is -2.15. The van der Waals surface area contributed by atoms with E-state index in [2.05, 4.69) is 17.3 Å². The number of alkyl halides is 2. The van der Waals surface area contributed by atoms with Gasteiger partial charge in [0, 0.05) is 18.9 Å². The molecule has 4 nitrogen and oxygen atoms in total. The van der Waals surface area contributed by atoms with Gasteiger partial charge in [-0.2, -0.15) is 5.10 Å². The Bertz CT molecular complexity index is 753. The third-order valence-corrected chi connectivity index (χ3v) is 4.75. The second kappa shape index (κ2) is 7.33. The summed E-state index contributed by atoms with van der Waals surface area (Å²) in [5.41, 5.74) is 1.15. The maximum absolute atomic E-state index is 13.1. The molecule has 0 saturated heterocycles. The van der Waals surface area contributed by atoms with Crippen molar-refractivity contribution < 1.29 is 13.6 Å². The third-order valence-electron chi connectivity index (χ3n) is 4.75. The van der Waals surface area contributed by atoms with Gasteiger partial charge >= 0.3 is 0 Å². The Labute approximate surface area is 146 Å². The number of para-hydroxylation sites is 1. The highest BCUT2D eigenvalue weighted by Crippen LogP contribution is 2.37. The molecule has 1 aliphatic rings. The molecule has 134 valence electrons. The fourth-order valence-electron chi connectivity index (χ4n) is 3.12. The van der Waals surface area contributed by atoms with E-state index in [1.165, 1.54) is 37.2 Å². The van der Waals surface area contributed by atoms with Gasteiger partial charge in [0.2, 0.25) is 0 Å². The number of anilines is 1. The van der Waals surface area contributed by atoms with E-state index in [1.54, 1.807) is 0 Å². The van der Waals surface area contributed by atoms with Gasteiger partial charge in [0.15, 0.2) is 0 Å². The molecule has 1 fully saturated rings. The summed E-state index contributed by atoms with van der Waals surface area (Å²) in [4.78, 5) is 12.5. The van der Waals surface area contributed by atoms with E-state index in [9.17, 15) is 13.6 Å². The number of hydrogen-bond acceptors (Lipinski definition) is 2. The Hall–Kier alpha value is -2.24. The molecule has 1 aromatic carbocycles. The van der Waals surface area contributed by atoms with Crippen LogP contribution in [0.3, 0.4) is 0 Å². The van der Waals surface area contributed by atoms with Gasteiger partial charge in [0.05, 0.1) is 5.56 Å². The molecule has 0 radical (unpaired) electrons. The molecule has 25 heavy (non-hydrogen) atoms. The van der Waals surface area contributed by atoms with E-state index in [-0.39, 0.29) is 5.56 Å². The second-order valence-corrected chi connectivity index (χ2v) is 6.87. The van der Waals surface area contributed by atoms with E-state index in [4.69, 9.17) is 0 Å². The molecule has 1 amide bonds. The van der Waals surface area contributed by atoms with Gasteiger partial charge < -0.3 is 5.32 Å². The predicted octanol–water partition coefficient (Wildman–Crippen LogP) is 4.90. The van der Waals surface area contributed by atoms with Crippen molar-refractivity contribution in [2.24, 2.45) is 13.0 Å². The molecule has 0 bridgehead atoms. The Morgan fingerprint density at radius 1 is 1.36 bits per heavy atom. The number of carbonyl (C=O) groups is 1. The van der Waals surface area contributed by atoms with Crippen LogP contribution >= 0.6 is 0 Å². The molecular formula is C19H23F2N3O. The molecule has 1 aromatic heterocycles. The number of hydrogen-bond donors (Lipinski definition) is 1. The zero-order chi connectivity index (χ0) is 18.0.